The Hall–Kier alpha value is -8.86. The van der Waals surface area contributed by atoms with Gasteiger partial charge in [0.25, 0.3) is 34.4 Å². The summed E-state index contributed by atoms with van der Waals surface area (Å²) in [4.78, 5) is 115. The number of amides is 4. The summed E-state index contributed by atoms with van der Waals surface area (Å²) < 4.78 is 43.4. The molecule has 22 heteroatoms. The minimum absolute atomic E-state index is 0.0399. The Morgan fingerprint density at radius 2 is 0.819 bits per heavy atom. The lowest BCUT2D eigenvalue weighted by atomic mass is 9.94. The summed E-state index contributed by atoms with van der Waals surface area (Å²) in [5.74, 6) is -4.98. The van der Waals surface area contributed by atoms with Gasteiger partial charge in [-0.05, 0) is 62.6 Å². The number of ether oxygens (including phenoxy) is 7. The van der Waals surface area contributed by atoms with Crippen LogP contribution in [0.5, 0.6) is 17.2 Å². The molecule has 442 valence electrons. The van der Waals surface area contributed by atoms with E-state index in [9.17, 15) is 33.6 Å². The number of carbonyl (C=O) groups excluding carboxylic acids is 5. The Morgan fingerprint density at radius 1 is 0.482 bits per heavy atom. The second kappa shape index (κ2) is 30.8. The largest absolute Gasteiger partial charge is 0.482 e. The molecule has 0 aliphatic rings. The Morgan fingerprint density at radius 3 is 1.14 bits per heavy atom. The Bertz CT molecular complexity index is 3190. The van der Waals surface area contributed by atoms with Gasteiger partial charge in [-0.15, -0.1) is 0 Å². The van der Waals surface area contributed by atoms with Crippen molar-refractivity contribution in [1.82, 2.24) is 34.6 Å². The van der Waals surface area contributed by atoms with Crippen molar-refractivity contribution in [2.45, 2.75) is 84.7 Å². The monoisotopic (exact) mass is 1140 g/mol. The van der Waals surface area contributed by atoms with Gasteiger partial charge in [-0.2, -0.15) is 0 Å². The molecule has 3 aromatic heterocycles. The van der Waals surface area contributed by atoms with Crippen LogP contribution in [0.4, 0.5) is 0 Å². The van der Waals surface area contributed by atoms with E-state index in [1.165, 1.54) is 83.6 Å². The van der Waals surface area contributed by atoms with Gasteiger partial charge in [0.2, 0.25) is 5.91 Å². The third-order valence-electron chi connectivity index (χ3n) is 12.8. The maximum Gasteiger partial charge on any atom is 0.309 e. The van der Waals surface area contributed by atoms with Gasteiger partial charge in [0.15, 0.2) is 17.2 Å². The second-order valence-electron chi connectivity index (χ2n) is 20.3. The van der Waals surface area contributed by atoms with Crippen LogP contribution in [-0.4, -0.2) is 127 Å². The summed E-state index contributed by atoms with van der Waals surface area (Å²) in [6.45, 7) is 5.86. The van der Waals surface area contributed by atoms with E-state index in [1.807, 2.05) is 18.2 Å². The highest BCUT2D eigenvalue weighted by atomic mass is 16.6. The highest BCUT2D eigenvalue weighted by molar-refractivity contribution is 6.02. The third-order valence-corrected chi connectivity index (χ3v) is 12.8. The molecule has 4 amide bonds. The van der Waals surface area contributed by atoms with Crippen molar-refractivity contribution < 1.29 is 57.1 Å². The number of hydrogen-bond donors (Lipinski definition) is 3. The maximum atomic E-state index is 15.5. The fraction of sp³-hybridized carbons (Fsp3) is 0.377. The van der Waals surface area contributed by atoms with Crippen molar-refractivity contribution in [3.05, 3.63) is 192 Å². The average Bonchev–Trinajstić information content (AvgIpc) is 3.60. The quantitative estimate of drug-likeness (QED) is 0.0497. The normalized spacial score (nSPS) is 11.9. The van der Waals surface area contributed by atoms with Gasteiger partial charge < -0.3 is 67.7 Å². The van der Waals surface area contributed by atoms with E-state index >= 15 is 4.79 Å². The fourth-order valence-corrected chi connectivity index (χ4v) is 8.52. The molecule has 3 aromatic carbocycles. The van der Waals surface area contributed by atoms with Gasteiger partial charge in [-0.1, -0.05) is 91.0 Å². The molecule has 3 N–H and O–H groups in total. The molecule has 0 bridgehead atoms. The van der Waals surface area contributed by atoms with Gasteiger partial charge in [0.05, 0.1) is 42.9 Å². The molecule has 83 heavy (non-hydrogen) atoms. The van der Waals surface area contributed by atoms with Gasteiger partial charge >= 0.3 is 5.97 Å². The third kappa shape index (κ3) is 18.3. The van der Waals surface area contributed by atoms with Crippen molar-refractivity contribution >= 4 is 29.6 Å². The molecule has 0 radical (unpaired) electrons. The zero-order valence-electron chi connectivity index (χ0n) is 47.9. The molecule has 6 aromatic rings. The number of rotatable bonds is 31. The first-order valence-corrected chi connectivity index (χ1v) is 26.9. The molecule has 0 aliphatic heterocycles. The number of methoxy groups -OCH3 is 3. The van der Waals surface area contributed by atoms with E-state index in [1.54, 1.807) is 93.6 Å². The second-order valence-corrected chi connectivity index (χ2v) is 20.3. The number of benzene rings is 3. The molecule has 3 heterocycles. The zero-order valence-corrected chi connectivity index (χ0v) is 47.9. The molecule has 1 atom stereocenters. The molecule has 0 spiro atoms. The van der Waals surface area contributed by atoms with E-state index in [0.29, 0.717) is 5.56 Å². The smallest absolute Gasteiger partial charge is 0.309 e. The van der Waals surface area contributed by atoms with Crippen LogP contribution in [0, 0.1) is 0 Å². The number of nitrogens with one attached hydrogen (secondary N) is 3. The highest BCUT2D eigenvalue weighted by Gasteiger charge is 2.42. The van der Waals surface area contributed by atoms with Crippen molar-refractivity contribution in [2.24, 2.45) is 0 Å². The van der Waals surface area contributed by atoms with E-state index in [2.05, 4.69) is 16.0 Å². The first-order chi connectivity index (χ1) is 39.9. The van der Waals surface area contributed by atoms with Crippen molar-refractivity contribution in [3.8, 4) is 17.2 Å². The first kappa shape index (κ1) is 63.3. The van der Waals surface area contributed by atoms with E-state index in [0.717, 1.165) is 11.1 Å². The number of nitrogens with zero attached hydrogens (tertiary/aromatic N) is 4. The van der Waals surface area contributed by atoms with Gasteiger partial charge in [-0.3, -0.25) is 38.4 Å². The molecule has 6 rings (SSSR count). The number of esters is 1. The molecular weight excluding hydrogens is 1070 g/mol. The summed E-state index contributed by atoms with van der Waals surface area (Å²) in [7, 11) is 4.46. The Labute approximate surface area is 481 Å². The van der Waals surface area contributed by atoms with E-state index in [-0.39, 0.29) is 119 Å². The zero-order chi connectivity index (χ0) is 59.9. The number of aromatic nitrogens is 3. The van der Waals surface area contributed by atoms with Gasteiger partial charge in [0, 0.05) is 85.7 Å². The van der Waals surface area contributed by atoms with E-state index in [4.69, 9.17) is 33.2 Å². The van der Waals surface area contributed by atoms with Crippen LogP contribution in [0.3, 0.4) is 0 Å². The number of pyridine rings is 3. The van der Waals surface area contributed by atoms with Crippen molar-refractivity contribution in [2.75, 3.05) is 67.3 Å². The summed E-state index contributed by atoms with van der Waals surface area (Å²) in [6, 6.07) is 31.3. The van der Waals surface area contributed by atoms with Gasteiger partial charge in [0.1, 0.15) is 31.0 Å². The van der Waals surface area contributed by atoms with Crippen LogP contribution < -0.4 is 46.8 Å². The van der Waals surface area contributed by atoms with Gasteiger partial charge in [-0.25, -0.2) is 0 Å². The first-order valence-electron chi connectivity index (χ1n) is 26.9. The van der Waals surface area contributed by atoms with Crippen molar-refractivity contribution in [1.29, 1.82) is 0 Å². The van der Waals surface area contributed by atoms with Crippen LogP contribution in [0.1, 0.15) is 81.9 Å². The Balaban J connectivity index is 1.35. The lowest BCUT2D eigenvalue weighted by molar-refractivity contribution is -0.159. The average molecular weight is 1140 g/mol. The van der Waals surface area contributed by atoms with E-state index < -0.39 is 63.8 Å². The lowest BCUT2D eigenvalue weighted by Crippen LogP contribution is -2.60. The molecule has 22 nitrogen and oxygen atoms in total. The van der Waals surface area contributed by atoms with Crippen LogP contribution in [0.15, 0.2) is 142 Å². The minimum Gasteiger partial charge on any atom is -0.482 e. The summed E-state index contributed by atoms with van der Waals surface area (Å²) in [5, 5.41) is 8.27. The molecule has 0 aliphatic carbocycles. The predicted molar refractivity (Wildman–Crippen MR) is 308 cm³/mol. The fourth-order valence-electron chi connectivity index (χ4n) is 8.52. The molecule has 0 saturated heterocycles. The molecule has 0 saturated carbocycles. The number of carbonyl (C=O) groups is 5. The predicted octanol–water partition coefficient (Wildman–Crippen LogP) is 4.76. The molecular formula is C61H73N7O15. The highest BCUT2D eigenvalue weighted by Crippen LogP contribution is 2.23. The summed E-state index contributed by atoms with van der Waals surface area (Å²) >= 11 is 0. The Kier molecular flexibility index (Phi) is 23.5. The topological polar surface area (TPSA) is 255 Å². The minimum atomic E-state index is -2.16. The van der Waals surface area contributed by atoms with Crippen molar-refractivity contribution in [3.63, 3.8) is 0 Å². The number of hydrogen-bond acceptors (Lipinski definition) is 15. The standard InChI is InChI=1S/C61H73N7O15/c1-60(2,3)83-49(69)39-61(4,64-55(72)48-25-30-67(35-38-79-7)58(75)52(48)82-42-45-21-15-10-16-22-45)59(76)68(31-26-62-53(70)46-23-28-65(33-36-77-5)56(73)50(46)80-40-43-17-11-8-12-18-43)32-27-63-54(71)47-24-29-66(34-37-78-6)57(74)51(47)81-41-44-19-13-9-14-20-44/h8-25,28-30H,26-27,31-42H2,1-7H3,(H,62,70)(H,63,71)(H,64,72). The maximum absolute atomic E-state index is 15.5. The lowest BCUT2D eigenvalue weighted by Gasteiger charge is -2.35. The molecule has 0 fully saturated rings. The van der Waals surface area contributed by atoms with Crippen LogP contribution in [-0.2, 0) is 68.0 Å². The molecule has 1 unspecified atom stereocenters. The summed E-state index contributed by atoms with van der Waals surface area (Å²) in [6.07, 6.45) is 3.52. The SMILES string of the molecule is COCCn1ccc(C(=O)NCCN(CCNC(=O)c2ccn(CCOC)c(=O)c2OCc2ccccc2)C(=O)C(C)(CC(=O)OC(C)(C)C)NC(=O)c2ccn(CCOC)c(=O)c2OCc2ccccc2)c(OCc2ccccc2)c1=O. The van der Waals surface area contributed by atoms with Crippen LogP contribution >= 0.6 is 0 Å². The van der Waals surface area contributed by atoms with Crippen LogP contribution in [0.2, 0.25) is 0 Å². The summed E-state index contributed by atoms with van der Waals surface area (Å²) in [5.41, 5.74) is -3.34. The van der Waals surface area contributed by atoms with Crippen LogP contribution in [0.25, 0.3) is 0 Å².